The highest BCUT2D eigenvalue weighted by Crippen LogP contribution is 2.37. The molecular formula is C24H32FNO. The summed E-state index contributed by atoms with van der Waals surface area (Å²) < 4.78 is 19.1. The van der Waals surface area contributed by atoms with Gasteiger partial charge in [0.05, 0.1) is 12.3 Å². The van der Waals surface area contributed by atoms with Gasteiger partial charge in [0.2, 0.25) is 0 Å². The van der Waals surface area contributed by atoms with E-state index in [0.29, 0.717) is 18.1 Å². The Hall–Kier alpha value is -1.74. The lowest BCUT2D eigenvalue weighted by Crippen LogP contribution is -2.13. The molecule has 1 aliphatic carbocycles. The van der Waals surface area contributed by atoms with Crippen LogP contribution in [-0.2, 0) is 11.3 Å². The lowest BCUT2D eigenvalue weighted by atomic mass is 9.77. The van der Waals surface area contributed by atoms with Gasteiger partial charge in [-0.05, 0) is 55.2 Å². The van der Waals surface area contributed by atoms with Crippen molar-refractivity contribution < 1.29 is 9.13 Å². The summed E-state index contributed by atoms with van der Waals surface area (Å²) >= 11 is 0. The number of hydrogen-bond donors (Lipinski definition) is 0. The summed E-state index contributed by atoms with van der Waals surface area (Å²) in [6, 6.07) is 9.47. The molecule has 0 spiro atoms. The third-order valence-corrected chi connectivity index (χ3v) is 5.97. The van der Waals surface area contributed by atoms with E-state index in [1.807, 2.05) is 18.3 Å². The van der Waals surface area contributed by atoms with Crippen molar-refractivity contribution in [2.45, 2.75) is 70.8 Å². The summed E-state index contributed by atoms with van der Waals surface area (Å²) in [4.78, 5) is 4.62. The largest absolute Gasteiger partial charge is 0.380 e. The van der Waals surface area contributed by atoms with Crippen LogP contribution in [0.4, 0.5) is 4.39 Å². The molecule has 0 unspecified atom stereocenters. The van der Waals surface area contributed by atoms with Crippen molar-refractivity contribution in [1.82, 2.24) is 4.98 Å². The monoisotopic (exact) mass is 369 g/mol. The van der Waals surface area contributed by atoms with Crippen LogP contribution < -0.4 is 0 Å². The van der Waals surface area contributed by atoms with Crippen molar-refractivity contribution in [3.8, 4) is 11.3 Å². The van der Waals surface area contributed by atoms with Gasteiger partial charge in [0, 0.05) is 24.4 Å². The normalized spacial score (nSPS) is 20.0. The van der Waals surface area contributed by atoms with Gasteiger partial charge >= 0.3 is 0 Å². The molecule has 1 aromatic carbocycles. The predicted octanol–water partition coefficient (Wildman–Crippen LogP) is 6.89. The Morgan fingerprint density at radius 3 is 2.52 bits per heavy atom. The highest BCUT2D eigenvalue weighted by atomic mass is 19.1. The van der Waals surface area contributed by atoms with Crippen LogP contribution in [-0.4, -0.2) is 12.1 Å². The molecule has 0 saturated heterocycles. The molecule has 0 aliphatic heterocycles. The van der Waals surface area contributed by atoms with E-state index in [1.165, 1.54) is 56.9 Å². The van der Waals surface area contributed by atoms with E-state index in [9.17, 15) is 4.39 Å². The van der Waals surface area contributed by atoms with Gasteiger partial charge in [-0.2, -0.15) is 0 Å². The first-order valence-corrected chi connectivity index (χ1v) is 10.4. The van der Waals surface area contributed by atoms with Gasteiger partial charge in [-0.25, -0.2) is 4.39 Å². The van der Waals surface area contributed by atoms with Crippen LogP contribution in [0.2, 0.25) is 0 Å². The summed E-state index contributed by atoms with van der Waals surface area (Å²) in [6.07, 6.45) is 12.7. The minimum Gasteiger partial charge on any atom is -0.380 e. The highest BCUT2D eigenvalue weighted by Gasteiger charge is 2.22. The van der Waals surface area contributed by atoms with E-state index < -0.39 is 0 Å². The van der Waals surface area contributed by atoms with Crippen molar-refractivity contribution in [2.75, 3.05) is 7.11 Å². The summed E-state index contributed by atoms with van der Waals surface area (Å²) in [5.41, 5.74) is 3.56. The van der Waals surface area contributed by atoms with Gasteiger partial charge in [0.15, 0.2) is 0 Å². The van der Waals surface area contributed by atoms with Gasteiger partial charge in [-0.3, -0.25) is 4.98 Å². The van der Waals surface area contributed by atoms with E-state index >= 15 is 0 Å². The number of nitrogens with zero attached hydrogens (tertiary/aromatic N) is 1. The van der Waals surface area contributed by atoms with E-state index in [0.717, 1.165) is 17.2 Å². The fraction of sp³-hybridized carbons (Fsp3) is 0.542. The molecule has 0 atom stereocenters. The molecule has 0 bridgehead atoms. The summed E-state index contributed by atoms with van der Waals surface area (Å²) in [7, 11) is 1.58. The SMILES string of the molecule is CCCCCC1CCC(c2ccc(-c3ccc(COC)c(F)c3)nc2)CC1. The molecule has 27 heavy (non-hydrogen) atoms. The molecular weight excluding hydrogens is 337 g/mol. The maximum absolute atomic E-state index is 14.1. The molecule has 3 heteroatoms. The van der Waals surface area contributed by atoms with Crippen LogP contribution in [0.25, 0.3) is 11.3 Å². The number of aromatic nitrogens is 1. The zero-order valence-electron chi connectivity index (χ0n) is 16.7. The molecule has 2 nitrogen and oxygen atoms in total. The summed E-state index contributed by atoms with van der Waals surface area (Å²) in [5, 5.41) is 0. The maximum atomic E-state index is 14.1. The Kier molecular flexibility index (Phi) is 7.40. The molecule has 1 aromatic heterocycles. The van der Waals surface area contributed by atoms with Gasteiger partial charge in [-0.1, -0.05) is 50.8 Å². The first-order valence-electron chi connectivity index (χ1n) is 10.4. The van der Waals surface area contributed by atoms with Crippen molar-refractivity contribution in [3.05, 3.63) is 53.5 Å². The third kappa shape index (κ3) is 5.38. The van der Waals surface area contributed by atoms with E-state index in [-0.39, 0.29) is 5.82 Å². The number of rotatable bonds is 8. The highest BCUT2D eigenvalue weighted by molar-refractivity contribution is 5.59. The minimum atomic E-state index is -0.235. The van der Waals surface area contributed by atoms with Crippen LogP contribution in [0.5, 0.6) is 0 Å². The van der Waals surface area contributed by atoms with Crippen molar-refractivity contribution in [1.29, 1.82) is 0 Å². The lowest BCUT2D eigenvalue weighted by molar-refractivity contribution is 0.181. The molecule has 1 aliphatic rings. The molecule has 1 saturated carbocycles. The van der Waals surface area contributed by atoms with Crippen LogP contribution in [0.15, 0.2) is 36.5 Å². The van der Waals surface area contributed by atoms with Gasteiger partial charge < -0.3 is 4.74 Å². The number of methoxy groups -OCH3 is 1. The number of halogens is 1. The molecule has 146 valence electrons. The lowest BCUT2D eigenvalue weighted by Gasteiger charge is -2.28. The molecule has 0 radical (unpaired) electrons. The second kappa shape index (κ2) is 9.98. The fourth-order valence-corrected chi connectivity index (χ4v) is 4.26. The van der Waals surface area contributed by atoms with Crippen LogP contribution in [0, 0.1) is 11.7 Å². The zero-order valence-corrected chi connectivity index (χ0v) is 16.7. The average Bonchev–Trinajstić information content (AvgIpc) is 2.71. The smallest absolute Gasteiger partial charge is 0.129 e. The molecule has 0 amide bonds. The number of hydrogen-bond acceptors (Lipinski definition) is 2. The first kappa shape index (κ1) is 20.0. The van der Waals surface area contributed by atoms with E-state index in [2.05, 4.69) is 18.0 Å². The van der Waals surface area contributed by atoms with E-state index in [4.69, 9.17) is 4.74 Å². The number of benzene rings is 1. The van der Waals surface area contributed by atoms with Crippen molar-refractivity contribution >= 4 is 0 Å². The van der Waals surface area contributed by atoms with Crippen LogP contribution in [0.1, 0.15) is 75.3 Å². The molecule has 3 rings (SSSR count). The molecule has 1 fully saturated rings. The van der Waals surface area contributed by atoms with Crippen LogP contribution >= 0.6 is 0 Å². The number of unbranched alkanes of at least 4 members (excludes halogenated alkanes) is 2. The van der Waals surface area contributed by atoms with Gasteiger partial charge in [0.25, 0.3) is 0 Å². The summed E-state index contributed by atoms with van der Waals surface area (Å²) in [5.74, 6) is 1.32. The quantitative estimate of drug-likeness (QED) is 0.473. The predicted molar refractivity (Wildman–Crippen MR) is 109 cm³/mol. The van der Waals surface area contributed by atoms with E-state index in [1.54, 1.807) is 19.2 Å². The maximum Gasteiger partial charge on any atom is 0.129 e. The third-order valence-electron chi connectivity index (χ3n) is 5.97. The Balaban J connectivity index is 1.59. The Labute approximate surface area is 163 Å². The Bertz CT molecular complexity index is 705. The number of pyridine rings is 1. The topological polar surface area (TPSA) is 22.1 Å². The zero-order chi connectivity index (χ0) is 19.1. The molecule has 2 aromatic rings. The van der Waals surface area contributed by atoms with Crippen molar-refractivity contribution in [2.24, 2.45) is 5.92 Å². The second-order valence-electron chi connectivity index (χ2n) is 7.93. The van der Waals surface area contributed by atoms with Crippen molar-refractivity contribution in [3.63, 3.8) is 0 Å². The second-order valence-corrected chi connectivity index (χ2v) is 7.93. The summed E-state index contributed by atoms with van der Waals surface area (Å²) in [6.45, 7) is 2.57. The fourth-order valence-electron chi connectivity index (χ4n) is 4.26. The minimum absolute atomic E-state index is 0.235. The number of ether oxygens (including phenoxy) is 1. The molecule has 1 heterocycles. The standard InChI is InChI=1S/C24H32FNO/c1-3-4-5-6-18-7-9-19(10-8-18)21-13-14-24(26-16-21)20-11-12-22(17-27-2)23(25)15-20/h11-16,18-19H,3-10,17H2,1-2H3. The van der Waals surface area contributed by atoms with Gasteiger partial charge in [-0.15, -0.1) is 0 Å². The Morgan fingerprint density at radius 2 is 1.89 bits per heavy atom. The molecule has 0 N–H and O–H groups in total. The van der Waals surface area contributed by atoms with Crippen LogP contribution in [0.3, 0.4) is 0 Å². The van der Waals surface area contributed by atoms with Gasteiger partial charge in [0.1, 0.15) is 5.82 Å². The Morgan fingerprint density at radius 1 is 1.07 bits per heavy atom. The first-order chi connectivity index (χ1) is 13.2. The average molecular weight is 370 g/mol.